The van der Waals surface area contributed by atoms with Crippen LogP contribution in [-0.2, 0) is 10.8 Å². The molecule has 2 rings (SSSR count). The van der Waals surface area contributed by atoms with Crippen LogP contribution >= 0.6 is 11.3 Å². The Morgan fingerprint density at radius 1 is 1.58 bits per heavy atom. The highest BCUT2D eigenvalue weighted by Crippen LogP contribution is 2.24. The first kappa shape index (κ1) is 7.89. The van der Waals surface area contributed by atoms with Crippen molar-refractivity contribution in [3.63, 3.8) is 0 Å². The SMILES string of the molecule is CS(=O)c1cc2cccnc2s1. The molecule has 1 atom stereocenters. The molecule has 2 aromatic rings. The van der Waals surface area contributed by atoms with Gasteiger partial charge in [0.05, 0.1) is 15.0 Å². The van der Waals surface area contributed by atoms with Crippen molar-refractivity contribution in [3.8, 4) is 0 Å². The van der Waals surface area contributed by atoms with Crippen LogP contribution in [-0.4, -0.2) is 15.4 Å². The molecule has 1 unspecified atom stereocenters. The Hall–Kier alpha value is -0.740. The van der Waals surface area contributed by atoms with E-state index < -0.39 is 10.8 Å². The molecule has 0 saturated carbocycles. The van der Waals surface area contributed by atoms with Gasteiger partial charge in [-0.05, 0) is 12.1 Å². The fourth-order valence-electron chi connectivity index (χ4n) is 0.992. The minimum atomic E-state index is -0.883. The van der Waals surface area contributed by atoms with E-state index in [1.165, 1.54) is 11.3 Å². The van der Waals surface area contributed by atoms with Gasteiger partial charge in [0.1, 0.15) is 4.83 Å². The number of hydrogen-bond acceptors (Lipinski definition) is 3. The number of rotatable bonds is 1. The standard InChI is InChI=1S/C8H7NOS2/c1-12(10)7-5-6-3-2-4-9-8(6)11-7/h2-5H,1H3. The summed E-state index contributed by atoms with van der Waals surface area (Å²) in [6.07, 6.45) is 3.44. The quantitative estimate of drug-likeness (QED) is 0.700. The molecule has 0 saturated heterocycles. The van der Waals surface area contributed by atoms with Crippen LogP contribution in [0.2, 0.25) is 0 Å². The summed E-state index contributed by atoms with van der Waals surface area (Å²) < 4.78 is 12.0. The van der Waals surface area contributed by atoms with Crippen molar-refractivity contribution in [3.05, 3.63) is 24.4 Å². The molecule has 0 aliphatic rings. The summed E-state index contributed by atoms with van der Waals surface area (Å²) in [6, 6.07) is 5.80. The fourth-order valence-corrected chi connectivity index (χ4v) is 2.73. The van der Waals surface area contributed by atoms with Gasteiger partial charge in [0.25, 0.3) is 0 Å². The van der Waals surface area contributed by atoms with Gasteiger partial charge in [-0.15, -0.1) is 11.3 Å². The van der Waals surface area contributed by atoms with Gasteiger partial charge in [0.2, 0.25) is 0 Å². The Kier molecular flexibility index (Phi) is 1.94. The van der Waals surface area contributed by atoms with Crippen molar-refractivity contribution in [1.82, 2.24) is 4.98 Å². The van der Waals surface area contributed by atoms with Crippen molar-refractivity contribution in [2.24, 2.45) is 0 Å². The number of thiophene rings is 1. The lowest BCUT2D eigenvalue weighted by molar-refractivity contribution is 0.688. The number of pyridine rings is 1. The molecule has 0 radical (unpaired) electrons. The third kappa shape index (κ3) is 1.28. The largest absolute Gasteiger partial charge is 0.254 e. The second kappa shape index (κ2) is 2.95. The molecule has 2 nitrogen and oxygen atoms in total. The predicted molar refractivity (Wildman–Crippen MR) is 52.0 cm³/mol. The zero-order chi connectivity index (χ0) is 8.55. The van der Waals surface area contributed by atoms with Gasteiger partial charge in [0.15, 0.2) is 0 Å². The minimum absolute atomic E-state index is 0.883. The maximum Gasteiger partial charge on any atom is 0.124 e. The van der Waals surface area contributed by atoms with Gasteiger partial charge in [-0.3, -0.25) is 4.21 Å². The Labute approximate surface area is 76.7 Å². The first-order valence-electron chi connectivity index (χ1n) is 3.45. The Balaban J connectivity index is 2.70. The van der Waals surface area contributed by atoms with E-state index in [0.717, 1.165) is 14.4 Å². The summed E-state index contributed by atoms with van der Waals surface area (Å²) in [6.45, 7) is 0. The van der Waals surface area contributed by atoms with Crippen LogP contribution in [0.5, 0.6) is 0 Å². The molecule has 0 aliphatic carbocycles. The highest BCUT2D eigenvalue weighted by atomic mass is 32.2. The molecule has 2 aromatic heterocycles. The van der Waals surface area contributed by atoms with Crippen LogP contribution < -0.4 is 0 Å². The number of aromatic nitrogens is 1. The van der Waals surface area contributed by atoms with E-state index >= 15 is 0 Å². The predicted octanol–water partition coefficient (Wildman–Crippen LogP) is 2.03. The maximum absolute atomic E-state index is 11.1. The number of nitrogens with zero attached hydrogens (tertiary/aromatic N) is 1. The lowest BCUT2D eigenvalue weighted by Gasteiger charge is -1.82. The van der Waals surface area contributed by atoms with Gasteiger partial charge in [-0.25, -0.2) is 4.98 Å². The average molecular weight is 197 g/mol. The Bertz CT molecular complexity index is 402. The van der Waals surface area contributed by atoms with Crippen molar-refractivity contribution in [2.45, 2.75) is 4.21 Å². The zero-order valence-electron chi connectivity index (χ0n) is 6.48. The highest BCUT2D eigenvalue weighted by Gasteiger charge is 2.03. The first-order valence-corrected chi connectivity index (χ1v) is 5.83. The lowest BCUT2D eigenvalue weighted by atomic mass is 10.4. The molecule has 12 heavy (non-hydrogen) atoms. The van der Waals surface area contributed by atoms with Crippen molar-refractivity contribution in [1.29, 1.82) is 0 Å². The average Bonchev–Trinajstić information content (AvgIpc) is 2.46. The highest BCUT2D eigenvalue weighted by molar-refractivity contribution is 7.86. The van der Waals surface area contributed by atoms with Crippen molar-refractivity contribution in [2.75, 3.05) is 6.26 Å². The van der Waals surface area contributed by atoms with Crippen LogP contribution in [0.3, 0.4) is 0 Å². The Morgan fingerprint density at radius 3 is 3.08 bits per heavy atom. The molecule has 0 aliphatic heterocycles. The molecular weight excluding hydrogens is 190 g/mol. The molecule has 4 heteroatoms. The summed E-state index contributed by atoms with van der Waals surface area (Å²) in [4.78, 5) is 5.13. The van der Waals surface area contributed by atoms with Crippen LogP contribution in [0.4, 0.5) is 0 Å². The van der Waals surface area contributed by atoms with E-state index in [2.05, 4.69) is 4.98 Å². The second-order valence-corrected chi connectivity index (χ2v) is 5.05. The molecule has 62 valence electrons. The van der Waals surface area contributed by atoms with E-state index in [-0.39, 0.29) is 0 Å². The number of hydrogen-bond donors (Lipinski definition) is 0. The van der Waals surface area contributed by atoms with Gasteiger partial charge in [0, 0.05) is 17.8 Å². The molecule has 0 aromatic carbocycles. The summed E-state index contributed by atoms with van der Waals surface area (Å²) in [5, 5.41) is 1.08. The van der Waals surface area contributed by atoms with Crippen LogP contribution in [0.25, 0.3) is 10.2 Å². The monoisotopic (exact) mass is 197 g/mol. The summed E-state index contributed by atoms with van der Waals surface area (Å²) in [5.74, 6) is 0. The molecule has 0 N–H and O–H groups in total. The topological polar surface area (TPSA) is 30.0 Å². The van der Waals surface area contributed by atoms with Gasteiger partial charge in [-0.1, -0.05) is 6.07 Å². The Morgan fingerprint density at radius 2 is 2.42 bits per heavy atom. The summed E-state index contributed by atoms with van der Waals surface area (Å²) in [5.41, 5.74) is 0. The molecule has 0 fully saturated rings. The number of fused-ring (bicyclic) bond motifs is 1. The third-order valence-electron chi connectivity index (χ3n) is 1.55. The minimum Gasteiger partial charge on any atom is -0.254 e. The van der Waals surface area contributed by atoms with Crippen LogP contribution in [0.1, 0.15) is 0 Å². The third-order valence-corrected chi connectivity index (χ3v) is 4.05. The molecular formula is C8H7NOS2. The fraction of sp³-hybridized carbons (Fsp3) is 0.125. The summed E-state index contributed by atoms with van der Waals surface area (Å²) >= 11 is 1.49. The molecule has 0 spiro atoms. The van der Waals surface area contributed by atoms with Crippen molar-refractivity contribution < 1.29 is 4.21 Å². The van der Waals surface area contributed by atoms with E-state index in [9.17, 15) is 4.21 Å². The van der Waals surface area contributed by atoms with E-state index in [1.807, 2.05) is 18.2 Å². The molecule has 0 amide bonds. The van der Waals surface area contributed by atoms with Crippen molar-refractivity contribution >= 4 is 32.4 Å². The van der Waals surface area contributed by atoms with Crippen LogP contribution in [0, 0.1) is 0 Å². The van der Waals surface area contributed by atoms with E-state index in [4.69, 9.17) is 0 Å². The van der Waals surface area contributed by atoms with Crippen LogP contribution in [0.15, 0.2) is 28.6 Å². The van der Waals surface area contributed by atoms with Gasteiger partial charge >= 0.3 is 0 Å². The van der Waals surface area contributed by atoms with Gasteiger partial charge in [-0.2, -0.15) is 0 Å². The normalized spacial score (nSPS) is 13.4. The first-order chi connectivity index (χ1) is 5.77. The van der Waals surface area contributed by atoms with E-state index in [1.54, 1.807) is 12.5 Å². The smallest absolute Gasteiger partial charge is 0.124 e. The molecule has 2 heterocycles. The maximum atomic E-state index is 11.1. The second-order valence-electron chi connectivity index (χ2n) is 2.42. The lowest BCUT2D eigenvalue weighted by Crippen LogP contribution is -1.78. The summed E-state index contributed by atoms with van der Waals surface area (Å²) in [7, 11) is -0.883. The van der Waals surface area contributed by atoms with E-state index in [0.29, 0.717) is 0 Å². The zero-order valence-corrected chi connectivity index (χ0v) is 8.11. The van der Waals surface area contributed by atoms with Gasteiger partial charge < -0.3 is 0 Å². The molecule has 0 bridgehead atoms.